The van der Waals surface area contributed by atoms with Crippen molar-refractivity contribution in [1.29, 1.82) is 0 Å². The molecule has 0 aromatic heterocycles. The molecule has 0 aromatic carbocycles. The number of piperidine rings is 1. The molecule has 0 unspecified atom stereocenters. The van der Waals surface area contributed by atoms with Crippen molar-refractivity contribution in [3.05, 3.63) is 0 Å². The predicted molar refractivity (Wildman–Crippen MR) is 61.4 cm³/mol. The van der Waals surface area contributed by atoms with Crippen LogP contribution in [0.4, 0.5) is 4.79 Å². The van der Waals surface area contributed by atoms with E-state index < -0.39 is 5.60 Å². The molecule has 5 atom stereocenters. The van der Waals surface area contributed by atoms with E-state index in [2.05, 4.69) is 0 Å². The Bertz CT molecular complexity index is 373. The lowest BCUT2D eigenvalue weighted by atomic mass is 9.98. The zero-order chi connectivity index (χ0) is 12.4. The van der Waals surface area contributed by atoms with E-state index in [0.29, 0.717) is 17.8 Å². The predicted octanol–water partition coefficient (Wildman–Crippen LogP) is 1.83. The topological polar surface area (TPSA) is 46.6 Å². The Morgan fingerprint density at radius 2 is 1.94 bits per heavy atom. The van der Waals surface area contributed by atoms with Gasteiger partial charge in [0.1, 0.15) is 11.9 Å². The smallest absolute Gasteiger partial charge is 0.411 e. The van der Waals surface area contributed by atoms with Crippen LogP contribution in [0.3, 0.4) is 0 Å². The molecule has 17 heavy (non-hydrogen) atoms. The van der Waals surface area contributed by atoms with E-state index in [9.17, 15) is 9.59 Å². The summed E-state index contributed by atoms with van der Waals surface area (Å²) in [5.74, 6) is 1.74. The van der Waals surface area contributed by atoms with Crippen LogP contribution in [-0.4, -0.2) is 35.0 Å². The normalized spacial score (nSPS) is 42.3. The van der Waals surface area contributed by atoms with Gasteiger partial charge in [-0.1, -0.05) is 0 Å². The Morgan fingerprint density at radius 1 is 1.24 bits per heavy atom. The number of carbonyl (C=O) groups is 2. The van der Waals surface area contributed by atoms with Gasteiger partial charge in [-0.3, -0.25) is 4.90 Å². The molecule has 0 spiro atoms. The van der Waals surface area contributed by atoms with Crippen molar-refractivity contribution in [2.45, 2.75) is 51.3 Å². The quantitative estimate of drug-likeness (QED) is 0.654. The van der Waals surface area contributed by atoms with Crippen molar-refractivity contribution >= 4 is 12.4 Å². The van der Waals surface area contributed by atoms with Gasteiger partial charge >= 0.3 is 6.09 Å². The van der Waals surface area contributed by atoms with Crippen molar-refractivity contribution in [1.82, 2.24) is 4.90 Å². The number of likely N-dealkylation sites (tertiary alicyclic amines) is 1. The van der Waals surface area contributed by atoms with Gasteiger partial charge in [0.25, 0.3) is 0 Å². The first-order valence-electron chi connectivity index (χ1n) is 6.39. The lowest BCUT2D eigenvalue weighted by Crippen LogP contribution is -2.48. The van der Waals surface area contributed by atoms with E-state index >= 15 is 0 Å². The molecular formula is C13H19NO3. The maximum Gasteiger partial charge on any atom is 0.411 e. The first kappa shape index (κ1) is 11.1. The van der Waals surface area contributed by atoms with Crippen molar-refractivity contribution < 1.29 is 14.3 Å². The number of aldehydes is 1. The third-order valence-corrected chi connectivity index (χ3v) is 4.31. The lowest BCUT2D eigenvalue weighted by Gasteiger charge is -2.33. The van der Waals surface area contributed by atoms with E-state index in [1.807, 2.05) is 20.8 Å². The van der Waals surface area contributed by atoms with Crippen molar-refractivity contribution in [2.24, 2.45) is 17.8 Å². The average Bonchev–Trinajstić information content (AvgIpc) is 2.82. The Kier molecular flexibility index (Phi) is 2.11. The van der Waals surface area contributed by atoms with Crippen LogP contribution >= 0.6 is 0 Å². The van der Waals surface area contributed by atoms with Crippen LogP contribution < -0.4 is 0 Å². The van der Waals surface area contributed by atoms with Gasteiger partial charge in [-0.05, 0) is 51.4 Å². The van der Waals surface area contributed by atoms with Crippen molar-refractivity contribution in [3.8, 4) is 0 Å². The molecule has 4 nitrogen and oxygen atoms in total. The molecule has 0 N–H and O–H groups in total. The van der Waals surface area contributed by atoms with E-state index in [-0.39, 0.29) is 18.2 Å². The van der Waals surface area contributed by atoms with Crippen LogP contribution in [0.1, 0.15) is 33.6 Å². The Hall–Kier alpha value is -1.06. The van der Waals surface area contributed by atoms with Crippen LogP contribution in [0.5, 0.6) is 0 Å². The molecule has 3 aliphatic rings. The maximum atomic E-state index is 12.1. The van der Waals surface area contributed by atoms with Crippen LogP contribution in [0.25, 0.3) is 0 Å². The molecule has 1 heterocycles. The van der Waals surface area contributed by atoms with E-state index in [0.717, 1.165) is 12.7 Å². The van der Waals surface area contributed by atoms with Gasteiger partial charge in [-0.2, -0.15) is 0 Å². The molecule has 94 valence electrons. The summed E-state index contributed by atoms with van der Waals surface area (Å²) < 4.78 is 5.40. The summed E-state index contributed by atoms with van der Waals surface area (Å²) >= 11 is 0. The first-order valence-corrected chi connectivity index (χ1v) is 6.39. The van der Waals surface area contributed by atoms with Crippen molar-refractivity contribution in [2.75, 3.05) is 0 Å². The Morgan fingerprint density at radius 3 is 2.53 bits per heavy atom. The zero-order valence-corrected chi connectivity index (χ0v) is 10.6. The summed E-state index contributed by atoms with van der Waals surface area (Å²) in [5, 5.41) is 0. The molecule has 2 bridgehead atoms. The summed E-state index contributed by atoms with van der Waals surface area (Å²) in [6, 6.07) is 0.0219. The molecule has 3 rings (SSSR count). The van der Waals surface area contributed by atoms with E-state index in [4.69, 9.17) is 4.74 Å². The fourth-order valence-corrected chi connectivity index (χ4v) is 3.68. The second-order valence-corrected chi connectivity index (χ2v) is 6.54. The second-order valence-electron chi connectivity index (χ2n) is 6.54. The molecule has 0 aromatic rings. The summed E-state index contributed by atoms with van der Waals surface area (Å²) in [4.78, 5) is 25.0. The minimum absolute atomic E-state index is 0.237. The molecule has 0 radical (unpaired) electrons. The molecule has 2 saturated carbocycles. The van der Waals surface area contributed by atoms with Crippen molar-refractivity contribution in [3.63, 3.8) is 0 Å². The molecular weight excluding hydrogens is 218 g/mol. The fraction of sp³-hybridized carbons (Fsp3) is 0.846. The Balaban J connectivity index is 1.78. The largest absolute Gasteiger partial charge is 0.444 e. The monoisotopic (exact) mass is 237 g/mol. The number of hydrogen-bond acceptors (Lipinski definition) is 3. The number of rotatable bonds is 1. The maximum absolute atomic E-state index is 12.1. The van der Waals surface area contributed by atoms with Gasteiger partial charge < -0.3 is 9.53 Å². The van der Waals surface area contributed by atoms with Crippen LogP contribution in [0, 0.1) is 17.8 Å². The second kappa shape index (κ2) is 3.24. The van der Waals surface area contributed by atoms with Crippen LogP contribution in [0.15, 0.2) is 0 Å². The molecule has 1 aliphatic heterocycles. The third-order valence-electron chi connectivity index (χ3n) is 4.31. The number of fused-ring (bicyclic) bond motifs is 5. The third kappa shape index (κ3) is 1.57. The van der Waals surface area contributed by atoms with Gasteiger partial charge in [0.05, 0.1) is 6.04 Å². The molecule has 2 aliphatic carbocycles. The highest BCUT2D eigenvalue weighted by molar-refractivity contribution is 5.76. The Labute approximate surface area is 101 Å². The van der Waals surface area contributed by atoms with E-state index in [1.165, 1.54) is 6.42 Å². The van der Waals surface area contributed by atoms with Gasteiger partial charge in [0.15, 0.2) is 0 Å². The van der Waals surface area contributed by atoms with E-state index in [1.54, 1.807) is 4.90 Å². The van der Waals surface area contributed by atoms with Crippen LogP contribution in [0.2, 0.25) is 0 Å². The lowest BCUT2D eigenvalue weighted by molar-refractivity contribution is -0.114. The standard InChI is InChI=1S/C13H19NO3/c1-13(2,3)17-12(16)14-10-5-9(11(14)6-15)7-4-8(7)10/h6-11H,4-5H2,1-3H3/t7-,8+,9-,10+,11-/m0/s1. The first-order chi connectivity index (χ1) is 7.92. The highest BCUT2D eigenvalue weighted by atomic mass is 16.6. The average molecular weight is 237 g/mol. The summed E-state index contributed by atoms with van der Waals surface area (Å²) in [7, 11) is 0. The molecule has 3 fully saturated rings. The number of hydrogen-bond donors (Lipinski definition) is 0. The highest BCUT2D eigenvalue weighted by Gasteiger charge is 2.66. The minimum atomic E-state index is -0.491. The van der Waals surface area contributed by atoms with Crippen LogP contribution in [-0.2, 0) is 9.53 Å². The highest BCUT2D eigenvalue weighted by Crippen LogP contribution is 2.63. The molecule has 4 heteroatoms. The van der Waals surface area contributed by atoms with Gasteiger partial charge in [0.2, 0.25) is 0 Å². The number of nitrogens with zero attached hydrogens (tertiary/aromatic N) is 1. The minimum Gasteiger partial charge on any atom is -0.444 e. The van der Waals surface area contributed by atoms with Gasteiger partial charge in [-0.15, -0.1) is 0 Å². The van der Waals surface area contributed by atoms with Gasteiger partial charge in [-0.25, -0.2) is 4.79 Å². The summed E-state index contributed by atoms with van der Waals surface area (Å²) in [6.45, 7) is 5.57. The fourth-order valence-electron chi connectivity index (χ4n) is 3.68. The van der Waals surface area contributed by atoms with Gasteiger partial charge in [0, 0.05) is 6.04 Å². The summed E-state index contributed by atoms with van der Waals surface area (Å²) in [6.07, 6.45) is 2.81. The SMILES string of the molecule is CC(C)(C)OC(=O)N1[C@@H]2C[C@@H]([C@H]3C[C@H]32)[C@@H]1C=O. The zero-order valence-electron chi connectivity index (χ0n) is 10.6. The number of ether oxygens (including phenoxy) is 1. The summed E-state index contributed by atoms with van der Waals surface area (Å²) in [5.41, 5.74) is -0.491. The number of carbonyl (C=O) groups excluding carboxylic acids is 2. The molecule has 1 amide bonds. The number of amides is 1. The molecule has 1 saturated heterocycles.